The average molecular weight is 302 g/mol. The van der Waals surface area contributed by atoms with Crippen molar-refractivity contribution in [2.24, 2.45) is 16.7 Å². The lowest BCUT2D eigenvalue weighted by atomic mass is 9.92. The summed E-state index contributed by atoms with van der Waals surface area (Å²) in [6.45, 7) is 13.9. The number of rotatable bonds is 5. The third kappa shape index (κ3) is 2.47. The highest BCUT2D eigenvalue weighted by atomic mass is 16.5. The second-order valence-electron chi connectivity index (χ2n) is 7.36. The highest BCUT2D eigenvalue weighted by molar-refractivity contribution is 5.94. The number of ketones is 1. The van der Waals surface area contributed by atoms with Gasteiger partial charge in [-0.1, -0.05) is 31.6 Å². The molecular formula is C19H26O3. The van der Waals surface area contributed by atoms with Crippen LogP contribution in [0.1, 0.15) is 47.5 Å². The Labute approximate surface area is 133 Å². The minimum atomic E-state index is -0.558. The molecule has 2 aliphatic rings. The molecule has 0 radical (unpaired) electrons. The van der Waals surface area contributed by atoms with Gasteiger partial charge >= 0.3 is 5.97 Å². The third-order valence-electron chi connectivity index (χ3n) is 5.24. The molecule has 0 spiro atoms. The first-order valence-electron chi connectivity index (χ1n) is 7.85. The number of hydrogen-bond donors (Lipinski definition) is 0. The van der Waals surface area contributed by atoms with Gasteiger partial charge in [-0.05, 0) is 44.3 Å². The molecule has 0 aliphatic heterocycles. The first kappa shape index (κ1) is 16.7. The number of carbonyl (C=O) groups is 2. The summed E-state index contributed by atoms with van der Waals surface area (Å²) < 4.78 is 5.72. The van der Waals surface area contributed by atoms with E-state index in [1.165, 1.54) is 5.57 Å². The Hall–Kier alpha value is -1.64. The molecule has 0 aromatic carbocycles. The van der Waals surface area contributed by atoms with Gasteiger partial charge in [-0.2, -0.15) is 0 Å². The van der Waals surface area contributed by atoms with Crippen molar-refractivity contribution in [2.45, 2.75) is 53.6 Å². The van der Waals surface area contributed by atoms with Crippen LogP contribution in [-0.2, 0) is 14.3 Å². The molecule has 2 rings (SSSR count). The molecule has 1 unspecified atom stereocenters. The van der Waals surface area contributed by atoms with Gasteiger partial charge in [0.05, 0.1) is 11.8 Å². The molecule has 2 aliphatic carbocycles. The predicted molar refractivity (Wildman–Crippen MR) is 87.2 cm³/mol. The topological polar surface area (TPSA) is 43.4 Å². The third-order valence-corrected chi connectivity index (χ3v) is 5.24. The van der Waals surface area contributed by atoms with E-state index in [-0.39, 0.29) is 29.5 Å². The standard InChI is InChI=1S/C19H26O3/c1-7-8-19(16(9-12(2)3)18(19,5)6)17(21)22-15-11-14(20)10-13(15)4/h7,9-10,15-16H,1,8,11H2,2-6H3/t15-,16-,19?/m1/s1. The van der Waals surface area contributed by atoms with Crippen LogP contribution in [0.25, 0.3) is 0 Å². The molecule has 0 bridgehead atoms. The lowest BCUT2D eigenvalue weighted by molar-refractivity contribution is -0.155. The van der Waals surface area contributed by atoms with Crippen molar-refractivity contribution in [3.63, 3.8) is 0 Å². The monoisotopic (exact) mass is 302 g/mol. The summed E-state index contributed by atoms with van der Waals surface area (Å²) in [5.74, 6) is -0.0202. The maximum atomic E-state index is 12.9. The lowest BCUT2D eigenvalue weighted by Crippen LogP contribution is -2.29. The first-order valence-corrected chi connectivity index (χ1v) is 7.85. The fraction of sp³-hybridized carbons (Fsp3) is 0.579. The SMILES string of the molecule is C=CCC1(C(=O)O[C@@H]2CC(=O)C=C2C)[C@H](C=C(C)C)C1(C)C. The minimum absolute atomic E-state index is 0.0315. The number of allylic oxidation sites excluding steroid dienone is 4. The summed E-state index contributed by atoms with van der Waals surface area (Å²) in [6, 6.07) is 0. The molecule has 0 saturated heterocycles. The zero-order chi connectivity index (χ0) is 16.7. The number of esters is 1. The van der Waals surface area contributed by atoms with Gasteiger partial charge in [0.25, 0.3) is 0 Å². The fourth-order valence-corrected chi connectivity index (χ4v) is 3.79. The molecule has 0 aromatic heterocycles. The molecule has 3 nitrogen and oxygen atoms in total. The van der Waals surface area contributed by atoms with Crippen molar-refractivity contribution in [1.82, 2.24) is 0 Å². The maximum Gasteiger partial charge on any atom is 0.314 e. The molecule has 0 aromatic rings. The Bertz CT molecular complexity index is 575. The van der Waals surface area contributed by atoms with E-state index in [1.807, 2.05) is 20.8 Å². The van der Waals surface area contributed by atoms with Gasteiger partial charge in [0.2, 0.25) is 0 Å². The van der Waals surface area contributed by atoms with E-state index in [9.17, 15) is 9.59 Å². The summed E-state index contributed by atoms with van der Waals surface area (Å²) >= 11 is 0. The van der Waals surface area contributed by atoms with Gasteiger partial charge < -0.3 is 4.74 Å². The molecule has 3 heteroatoms. The van der Waals surface area contributed by atoms with Crippen molar-refractivity contribution < 1.29 is 14.3 Å². The fourth-order valence-electron chi connectivity index (χ4n) is 3.79. The van der Waals surface area contributed by atoms with Crippen molar-refractivity contribution in [1.29, 1.82) is 0 Å². The second-order valence-corrected chi connectivity index (χ2v) is 7.36. The van der Waals surface area contributed by atoms with Gasteiger partial charge in [-0.15, -0.1) is 6.58 Å². The zero-order valence-electron chi connectivity index (χ0n) is 14.2. The largest absolute Gasteiger partial charge is 0.457 e. The molecule has 22 heavy (non-hydrogen) atoms. The maximum absolute atomic E-state index is 12.9. The van der Waals surface area contributed by atoms with Crippen molar-refractivity contribution in [3.8, 4) is 0 Å². The smallest absolute Gasteiger partial charge is 0.314 e. The Kier molecular flexibility index (Phi) is 4.20. The van der Waals surface area contributed by atoms with Crippen molar-refractivity contribution in [3.05, 3.63) is 36.0 Å². The van der Waals surface area contributed by atoms with E-state index in [0.29, 0.717) is 6.42 Å². The summed E-state index contributed by atoms with van der Waals surface area (Å²) in [4.78, 5) is 24.4. The molecule has 120 valence electrons. The van der Waals surface area contributed by atoms with Crippen LogP contribution in [0, 0.1) is 16.7 Å². The van der Waals surface area contributed by atoms with Gasteiger partial charge in [-0.3, -0.25) is 9.59 Å². The second kappa shape index (κ2) is 5.53. The van der Waals surface area contributed by atoms with E-state index in [0.717, 1.165) is 5.57 Å². The highest BCUT2D eigenvalue weighted by Crippen LogP contribution is 2.72. The van der Waals surface area contributed by atoms with Crippen LogP contribution in [0.3, 0.4) is 0 Å². The quantitative estimate of drug-likeness (QED) is 0.569. The Morgan fingerprint density at radius 1 is 1.45 bits per heavy atom. The summed E-state index contributed by atoms with van der Waals surface area (Å²) in [5.41, 5.74) is 1.32. The van der Waals surface area contributed by atoms with E-state index in [1.54, 1.807) is 12.2 Å². The van der Waals surface area contributed by atoms with E-state index >= 15 is 0 Å². The molecular weight excluding hydrogens is 276 g/mol. The Balaban J connectivity index is 2.24. The van der Waals surface area contributed by atoms with Crippen LogP contribution in [0.2, 0.25) is 0 Å². The van der Waals surface area contributed by atoms with Gasteiger partial charge in [0, 0.05) is 5.92 Å². The van der Waals surface area contributed by atoms with E-state index < -0.39 is 11.5 Å². The Morgan fingerprint density at radius 2 is 2.09 bits per heavy atom. The number of carbonyl (C=O) groups excluding carboxylic acids is 2. The number of hydrogen-bond acceptors (Lipinski definition) is 3. The first-order chi connectivity index (χ1) is 10.2. The van der Waals surface area contributed by atoms with E-state index in [4.69, 9.17) is 4.74 Å². The number of ether oxygens (including phenoxy) is 1. The zero-order valence-corrected chi connectivity index (χ0v) is 14.2. The van der Waals surface area contributed by atoms with Crippen LogP contribution in [0.5, 0.6) is 0 Å². The van der Waals surface area contributed by atoms with Crippen molar-refractivity contribution >= 4 is 11.8 Å². The van der Waals surface area contributed by atoms with Crippen LogP contribution in [0.4, 0.5) is 0 Å². The molecule has 1 saturated carbocycles. The van der Waals surface area contributed by atoms with Gasteiger partial charge in [0.15, 0.2) is 5.78 Å². The molecule has 1 fully saturated rings. The van der Waals surface area contributed by atoms with E-state index in [2.05, 4.69) is 26.5 Å². The summed E-state index contributed by atoms with van der Waals surface area (Å²) in [5, 5.41) is 0. The van der Waals surface area contributed by atoms with Crippen LogP contribution >= 0.6 is 0 Å². The predicted octanol–water partition coefficient (Wildman–Crippen LogP) is 4.00. The highest BCUT2D eigenvalue weighted by Gasteiger charge is 2.74. The average Bonchev–Trinajstić information content (AvgIpc) is 2.68. The minimum Gasteiger partial charge on any atom is -0.457 e. The van der Waals surface area contributed by atoms with Crippen LogP contribution in [-0.4, -0.2) is 17.9 Å². The van der Waals surface area contributed by atoms with Gasteiger partial charge in [0.1, 0.15) is 6.10 Å². The molecule has 0 heterocycles. The lowest BCUT2D eigenvalue weighted by Gasteiger charge is -2.21. The van der Waals surface area contributed by atoms with Crippen LogP contribution in [0.15, 0.2) is 36.0 Å². The molecule has 3 atom stereocenters. The molecule has 0 amide bonds. The van der Waals surface area contributed by atoms with Crippen molar-refractivity contribution in [2.75, 3.05) is 0 Å². The van der Waals surface area contributed by atoms with Gasteiger partial charge in [-0.25, -0.2) is 0 Å². The normalized spacial score (nSPS) is 32.2. The molecule has 0 N–H and O–H groups in total. The Morgan fingerprint density at radius 3 is 2.55 bits per heavy atom. The van der Waals surface area contributed by atoms with Crippen LogP contribution < -0.4 is 0 Å². The summed E-state index contributed by atoms with van der Waals surface area (Å²) in [6.07, 6.45) is 6.00. The summed E-state index contributed by atoms with van der Waals surface area (Å²) in [7, 11) is 0.